The Morgan fingerprint density at radius 2 is 1.28 bits per heavy atom. The van der Waals surface area contributed by atoms with E-state index in [1.54, 1.807) is 23.1 Å². The highest BCUT2D eigenvalue weighted by Crippen LogP contribution is 2.24. The molecule has 0 radical (unpaired) electrons. The molecule has 0 saturated heterocycles. The van der Waals surface area contributed by atoms with Crippen LogP contribution in [0.1, 0.15) is 21.5 Å². The van der Waals surface area contributed by atoms with E-state index in [-0.39, 0.29) is 5.91 Å². The van der Waals surface area contributed by atoms with E-state index in [1.807, 2.05) is 60.7 Å². The average Bonchev–Trinajstić information content (AvgIpc) is 2.64. The lowest BCUT2D eigenvalue weighted by atomic mass is 10.1. The molecule has 25 heavy (non-hydrogen) atoms. The molecule has 0 aromatic heterocycles. The molecule has 3 rings (SSSR count). The van der Waals surface area contributed by atoms with E-state index in [1.165, 1.54) is 0 Å². The maximum absolute atomic E-state index is 13.1. The predicted octanol–water partition coefficient (Wildman–Crippen LogP) is 5.84. The van der Waals surface area contributed by atoms with Crippen molar-refractivity contribution in [2.45, 2.75) is 13.1 Å². The molecule has 0 aliphatic heterocycles. The van der Waals surface area contributed by atoms with Crippen LogP contribution >= 0.6 is 23.2 Å². The molecule has 0 aliphatic carbocycles. The van der Waals surface area contributed by atoms with E-state index in [0.29, 0.717) is 28.7 Å². The van der Waals surface area contributed by atoms with Crippen LogP contribution in [-0.4, -0.2) is 10.8 Å². The molecule has 0 heterocycles. The Morgan fingerprint density at radius 3 is 1.80 bits per heavy atom. The second-order valence-electron chi connectivity index (χ2n) is 5.76. The lowest BCUT2D eigenvalue weighted by Gasteiger charge is -2.24. The van der Waals surface area contributed by atoms with Crippen molar-refractivity contribution in [1.29, 1.82) is 0 Å². The summed E-state index contributed by atoms with van der Waals surface area (Å²) in [7, 11) is 0. The van der Waals surface area contributed by atoms with E-state index in [2.05, 4.69) is 0 Å². The normalized spacial score (nSPS) is 10.5. The zero-order valence-corrected chi connectivity index (χ0v) is 15.0. The maximum atomic E-state index is 13.1. The van der Waals surface area contributed by atoms with E-state index in [4.69, 9.17) is 23.2 Å². The topological polar surface area (TPSA) is 20.3 Å². The Hall–Kier alpha value is -2.29. The summed E-state index contributed by atoms with van der Waals surface area (Å²) in [5.74, 6) is -0.139. The molecule has 4 heteroatoms. The molecule has 1 amide bonds. The van der Waals surface area contributed by atoms with Crippen molar-refractivity contribution in [3.63, 3.8) is 0 Å². The van der Waals surface area contributed by atoms with Gasteiger partial charge in [-0.15, -0.1) is 0 Å². The molecule has 2 nitrogen and oxygen atoms in total. The molecule has 0 unspecified atom stereocenters. The minimum absolute atomic E-state index is 0.139. The lowest BCUT2D eigenvalue weighted by Crippen LogP contribution is -2.30. The van der Waals surface area contributed by atoms with Crippen LogP contribution in [0, 0.1) is 0 Å². The van der Waals surface area contributed by atoms with Gasteiger partial charge in [-0.3, -0.25) is 4.79 Å². The summed E-state index contributed by atoms with van der Waals surface area (Å²) in [6.07, 6.45) is 0. The molecule has 0 spiro atoms. The fourth-order valence-corrected chi connectivity index (χ4v) is 3.01. The van der Waals surface area contributed by atoms with Crippen molar-refractivity contribution in [2.24, 2.45) is 0 Å². The van der Waals surface area contributed by atoms with Crippen LogP contribution in [0.5, 0.6) is 0 Å². The van der Waals surface area contributed by atoms with Crippen molar-refractivity contribution in [1.82, 2.24) is 4.90 Å². The van der Waals surface area contributed by atoms with E-state index in [9.17, 15) is 4.79 Å². The fourth-order valence-electron chi connectivity index (χ4n) is 2.64. The minimum Gasteiger partial charge on any atom is -0.330 e. The number of amides is 1. The van der Waals surface area contributed by atoms with Gasteiger partial charge in [0.25, 0.3) is 5.91 Å². The van der Waals surface area contributed by atoms with Gasteiger partial charge in [0.1, 0.15) is 0 Å². The summed E-state index contributed by atoms with van der Waals surface area (Å²) in [5.41, 5.74) is 2.54. The second kappa shape index (κ2) is 8.19. The smallest absolute Gasteiger partial charge is 0.256 e. The van der Waals surface area contributed by atoms with Crippen molar-refractivity contribution >= 4 is 29.1 Å². The number of hydrogen-bond acceptors (Lipinski definition) is 1. The number of hydrogen-bond donors (Lipinski definition) is 0. The summed E-state index contributed by atoms with van der Waals surface area (Å²) in [6.45, 7) is 0.995. The first-order chi connectivity index (χ1) is 12.1. The first-order valence-electron chi connectivity index (χ1n) is 7.95. The molecule has 0 bridgehead atoms. The quantitative estimate of drug-likeness (QED) is 0.553. The van der Waals surface area contributed by atoms with Crippen LogP contribution in [0.15, 0.2) is 78.9 Å². The molecular weight excluding hydrogens is 353 g/mol. The van der Waals surface area contributed by atoms with Crippen LogP contribution in [0.2, 0.25) is 10.0 Å². The Morgan fingerprint density at radius 1 is 0.760 bits per heavy atom. The van der Waals surface area contributed by atoms with E-state index < -0.39 is 0 Å². The van der Waals surface area contributed by atoms with Gasteiger partial charge in [-0.1, -0.05) is 83.9 Å². The predicted molar refractivity (Wildman–Crippen MR) is 103 cm³/mol. The first kappa shape index (κ1) is 17.5. The third-order valence-corrected chi connectivity index (χ3v) is 4.44. The summed E-state index contributed by atoms with van der Waals surface area (Å²) < 4.78 is 0. The van der Waals surface area contributed by atoms with Gasteiger partial charge in [0.05, 0.1) is 10.6 Å². The van der Waals surface area contributed by atoms with Crippen LogP contribution in [0.3, 0.4) is 0 Å². The molecule has 0 saturated carbocycles. The number of rotatable bonds is 5. The third-order valence-electron chi connectivity index (χ3n) is 3.88. The van der Waals surface area contributed by atoms with Gasteiger partial charge in [-0.25, -0.2) is 0 Å². The molecule has 3 aromatic carbocycles. The zero-order chi connectivity index (χ0) is 17.6. The van der Waals surface area contributed by atoms with Crippen molar-refractivity contribution in [3.8, 4) is 0 Å². The average molecular weight is 370 g/mol. The summed E-state index contributed by atoms with van der Waals surface area (Å²) in [5, 5.41) is 0.896. The summed E-state index contributed by atoms with van der Waals surface area (Å²) in [4.78, 5) is 14.9. The van der Waals surface area contributed by atoms with Crippen LogP contribution < -0.4 is 0 Å². The second-order valence-corrected chi connectivity index (χ2v) is 6.60. The molecule has 0 fully saturated rings. The SMILES string of the molecule is O=C(c1cc(Cl)ccc1Cl)N(Cc1ccccc1)Cc1ccccc1. The molecule has 3 aromatic rings. The number of nitrogens with zero attached hydrogens (tertiary/aromatic N) is 1. The molecule has 0 aliphatic rings. The Labute approximate surface area is 157 Å². The standard InChI is InChI=1S/C21H17Cl2NO/c22-18-11-12-20(23)19(13-18)21(25)24(14-16-7-3-1-4-8-16)15-17-9-5-2-6-10-17/h1-13H,14-15H2. The van der Waals surface area contributed by atoms with Gasteiger partial charge in [-0.05, 0) is 29.3 Å². The van der Waals surface area contributed by atoms with Crippen LogP contribution in [0.25, 0.3) is 0 Å². The van der Waals surface area contributed by atoms with Crippen molar-refractivity contribution in [3.05, 3.63) is 106 Å². The number of carbonyl (C=O) groups is 1. The van der Waals surface area contributed by atoms with Gasteiger partial charge >= 0.3 is 0 Å². The number of benzene rings is 3. The molecule has 126 valence electrons. The van der Waals surface area contributed by atoms with Gasteiger partial charge in [0.15, 0.2) is 0 Å². The summed E-state index contributed by atoms with van der Waals surface area (Å²) >= 11 is 12.3. The van der Waals surface area contributed by atoms with Gasteiger partial charge in [0.2, 0.25) is 0 Å². The Kier molecular flexibility index (Phi) is 5.75. The van der Waals surface area contributed by atoms with Crippen LogP contribution in [-0.2, 0) is 13.1 Å². The zero-order valence-electron chi connectivity index (χ0n) is 13.5. The minimum atomic E-state index is -0.139. The maximum Gasteiger partial charge on any atom is 0.256 e. The van der Waals surface area contributed by atoms with Crippen LogP contribution in [0.4, 0.5) is 0 Å². The Bertz CT molecular complexity index is 809. The number of carbonyl (C=O) groups excluding carboxylic acids is 1. The first-order valence-corrected chi connectivity index (χ1v) is 8.71. The largest absolute Gasteiger partial charge is 0.330 e. The van der Waals surface area contributed by atoms with Crippen molar-refractivity contribution < 1.29 is 4.79 Å². The van der Waals surface area contributed by atoms with Crippen molar-refractivity contribution in [2.75, 3.05) is 0 Å². The van der Waals surface area contributed by atoms with E-state index in [0.717, 1.165) is 11.1 Å². The van der Waals surface area contributed by atoms with Gasteiger partial charge in [-0.2, -0.15) is 0 Å². The fraction of sp³-hybridized carbons (Fsp3) is 0.0952. The lowest BCUT2D eigenvalue weighted by molar-refractivity contribution is 0.0730. The Balaban J connectivity index is 1.92. The van der Waals surface area contributed by atoms with Gasteiger partial charge in [0, 0.05) is 18.1 Å². The third kappa shape index (κ3) is 4.62. The summed E-state index contributed by atoms with van der Waals surface area (Å²) in [6, 6.07) is 24.8. The molecular formula is C21H17Cl2NO. The monoisotopic (exact) mass is 369 g/mol. The highest BCUT2D eigenvalue weighted by atomic mass is 35.5. The highest BCUT2D eigenvalue weighted by Gasteiger charge is 2.19. The number of halogens is 2. The van der Waals surface area contributed by atoms with E-state index >= 15 is 0 Å². The molecule has 0 N–H and O–H groups in total. The molecule has 0 atom stereocenters. The van der Waals surface area contributed by atoms with Gasteiger partial charge < -0.3 is 4.90 Å². The highest BCUT2D eigenvalue weighted by molar-refractivity contribution is 6.35.